The highest BCUT2D eigenvalue weighted by Gasteiger charge is 2.25. The number of hydrogen-bond acceptors (Lipinski definition) is 3. The minimum absolute atomic E-state index is 0.349. The van der Waals surface area contributed by atoms with E-state index in [9.17, 15) is 9.90 Å². The van der Waals surface area contributed by atoms with Gasteiger partial charge in [0.15, 0.2) is 0 Å². The molecule has 0 spiro atoms. The molecular weight excluding hydrogens is 268 g/mol. The van der Waals surface area contributed by atoms with Gasteiger partial charge in [-0.3, -0.25) is 0 Å². The number of fused-ring (bicyclic) bond motifs is 1. The van der Waals surface area contributed by atoms with E-state index in [-0.39, 0.29) is 0 Å². The van der Waals surface area contributed by atoms with Crippen LogP contribution in [0.2, 0.25) is 0 Å². The van der Waals surface area contributed by atoms with Gasteiger partial charge in [0.05, 0.1) is 12.8 Å². The number of carbonyl (C=O) groups is 1. The van der Waals surface area contributed by atoms with Crippen molar-refractivity contribution >= 4 is 17.5 Å². The molecule has 108 valence electrons. The fourth-order valence-corrected chi connectivity index (χ4v) is 2.68. The Bertz CT molecular complexity index is 671. The molecule has 1 heterocycles. The van der Waals surface area contributed by atoms with Gasteiger partial charge >= 0.3 is 6.09 Å². The Labute approximate surface area is 122 Å². The predicted octanol–water partition coefficient (Wildman–Crippen LogP) is 3.40. The maximum Gasteiger partial charge on any atom is 0.416 e. The summed E-state index contributed by atoms with van der Waals surface area (Å²) in [4.78, 5) is 17.4. The van der Waals surface area contributed by atoms with Crippen molar-refractivity contribution in [2.24, 2.45) is 0 Å². The first-order chi connectivity index (χ1) is 10.2. The predicted molar refractivity (Wildman–Crippen MR) is 79.4 cm³/mol. The molecule has 0 aliphatic heterocycles. The number of para-hydroxylation sites is 1. The first-order valence-electron chi connectivity index (χ1n) is 6.85. The molecular formula is C16H16N2O3. The van der Waals surface area contributed by atoms with Gasteiger partial charge in [-0.15, -0.1) is 0 Å². The monoisotopic (exact) mass is 284 g/mol. The number of pyridine rings is 1. The van der Waals surface area contributed by atoms with Crippen LogP contribution in [0, 0.1) is 0 Å². The van der Waals surface area contributed by atoms with Crippen LogP contribution in [0.5, 0.6) is 5.88 Å². The summed E-state index contributed by atoms with van der Waals surface area (Å²) < 4.78 is 5.31. The van der Waals surface area contributed by atoms with Gasteiger partial charge in [-0.05, 0) is 43.0 Å². The molecule has 21 heavy (non-hydrogen) atoms. The zero-order valence-electron chi connectivity index (χ0n) is 11.7. The van der Waals surface area contributed by atoms with E-state index < -0.39 is 6.09 Å². The first kappa shape index (κ1) is 13.4. The van der Waals surface area contributed by atoms with Gasteiger partial charge in [0.1, 0.15) is 5.69 Å². The van der Waals surface area contributed by atoms with Gasteiger partial charge in [-0.2, -0.15) is 0 Å². The third-order valence-electron chi connectivity index (χ3n) is 3.64. The third kappa shape index (κ3) is 2.42. The molecule has 5 nitrogen and oxygen atoms in total. The zero-order chi connectivity index (χ0) is 14.8. The van der Waals surface area contributed by atoms with E-state index in [0.29, 0.717) is 17.3 Å². The molecule has 5 heteroatoms. The van der Waals surface area contributed by atoms with Crippen LogP contribution < -0.4 is 9.64 Å². The van der Waals surface area contributed by atoms with Crippen LogP contribution in [-0.4, -0.2) is 23.3 Å². The summed E-state index contributed by atoms with van der Waals surface area (Å²) in [6.45, 7) is 0. The highest BCUT2D eigenvalue weighted by molar-refractivity contribution is 5.96. The maximum atomic E-state index is 11.7. The van der Waals surface area contributed by atoms with Crippen molar-refractivity contribution in [2.75, 3.05) is 12.0 Å². The largest absolute Gasteiger partial charge is 0.479 e. The lowest BCUT2D eigenvalue weighted by Crippen LogP contribution is -2.24. The van der Waals surface area contributed by atoms with Crippen LogP contribution >= 0.6 is 0 Å². The number of aromatic nitrogens is 1. The second-order valence-corrected chi connectivity index (χ2v) is 4.93. The molecule has 2 aromatic rings. The van der Waals surface area contributed by atoms with Crippen molar-refractivity contribution in [1.82, 2.24) is 4.98 Å². The smallest absolute Gasteiger partial charge is 0.416 e. The van der Waals surface area contributed by atoms with Crippen LogP contribution in [-0.2, 0) is 12.8 Å². The van der Waals surface area contributed by atoms with Crippen LogP contribution in [0.4, 0.5) is 16.2 Å². The first-order valence-corrected chi connectivity index (χ1v) is 6.85. The van der Waals surface area contributed by atoms with Crippen molar-refractivity contribution in [1.29, 1.82) is 0 Å². The summed E-state index contributed by atoms with van der Waals surface area (Å²) >= 11 is 0. The van der Waals surface area contributed by atoms with Crippen molar-refractivity contribution in [3.63, 3.8) is 0 Å². The number of anilines is 2. The van der Waals surface area contributed by atoms with E-state index in [1.54, 1.807) is 24.3 Å². The highest BCUT2D eigenvalue weighted by Crippen LogP contribution is 2.36. The normalized spacial score (nSPS) is 12.8. The summed E-state index contributed by atoms with van der Waals surface area (Å²) in [5, 5.41) is 9.59. The molecule has 0 atom stereocenters. The number of carboxylic acid groups (broad SMARTS) is 1. The van der Waals surface area contributed by atoms with Crippen LogP contribution in [0.3, 0.4) is 0 Å². The Morgan fingerprint density at radius 1 is 1.29 bits per heavy atom. The molecule has 1 amide bonds. The molecule has 1 aromatic heterocycles. The number of ether oxygens (including phenoxy) is 1. The number of aryl methyl sites for hydroxylation is 2. The average molecular weight is 284 g/mol. The fraction of sp³-hybridized carbons (Fsp3) is 0.250. The SMILES string of the molecule is COc1nc2c(cc1N(C(=O)O)c1ccccc1)CCC2. The van der Waals surface area contributed by atoms with Crippen molar-refractivity contribution in [3.05, 3.63) is 47.7 Å². The quantitative estimate of drug-likeness (QED) is 0.938. The van der Waals surface area contributed by atoms with Crippen LogP contribution in [0.15, 0.2) is 36.4 Å². The van der Waals surface area contributed by atoms with Gasteiger partial charge in [0.2, 0.25) is 5.88 Å². The van der Waals surface area contributed by atoms with Gasteiger partial charge in [-0.1, -0.05) is 18.2 Å². The Morgan fingerprint density at radius 2 is 2.05 bits per heavy atom. The summed E-state index contributed by atoms with van der Waals surface area (Å²) in [5.41, 5.74) is 3.15. The highest BCUT2D eigenvalue weighted by atomic mass is 16.5. The molecule has 0 radical (unpaired) electrons. The summed E-state index contributed by atoms with van der Waals surface area (Å²) in [6.07, 6.45) is 1.85. The van der Waals surface area contributed by atoms with Gasteiger partial charge in [0.25, 0.3) is 0 Å². The number of amides is 1. The second kappa shape index (κ2) is 5.44. The molecule has 1 aromatic carbocycles. The van der Waals surface area contributed by atoms with E-state index in [4.69, 9.17) is 4.74 Å². The summed E-state index contributed by atoms with van der Waals surface area (Å²) in [5.74, 6) is 0.349. The fourth-order valence-electron chi connectivity index (χ4n) is 2.68. The van der Waals surface area contributed by atoms with Crippen molar-refractivity contribution in [2.45, 2.75) is 19.3 Å². The Hall–Kier alpha value is -2.56. The molecule has 1 aliphatic rings. The second-order valence-electron chi connectivity index (χ2n) is 4.93. The lowest BCUT2D eigenvalue weighted by molar-refractivity contribution is 0.204. The Balaban J connectivity index is 2.14. The molecule has 0 saturated heterocycles. The number of benzene rings is 1. The summed E-state index contributed by atoms with van der Waals surface area (Å²) in [6, 6.07) is 10.8. The van der Waals surface area contributed by atoms with Gasteiger partial charge in [0, 0.05) is 5.69 Å². The molecule has 0 saturated carbocycles. The van der Waals surface area contributed by atoms with E-state index in [2.05, 4.69) is 4.98 Å². The molecule has 0 unspecified atom stereocenters. The molecule has 0 bridgehead atoms. The zero-order valence-corrected chi connectivity index (χ0v) is 11.7. The van der Waals surface area contributed by atoms with Crippen LogP contribution in [0.25, 0.3) is 0 Å². The number of methoxy groups -OCH3 is 1. The van der Waals surface area contributed by atoms with Gasteiger partial charge < -0.3 is 9.84 Å². The minimum Gasteiger partial charge on any atom is -0.479 e. The number of rotatable bonds is 3. The van der Waals surface area contributed by atoms with Crippen LogP contribution in [0.1, 0.15) is 17.7 Å². The average Bonchev–Trinajstić information content (AvgIpc) is 2.94. The van der Waals surface area contributed by atoms with E-state index >= 15 is 0 Å². The molecule has 1 aliphatic carbocycles. The van der Waals surface area contributed by atoms with E-state index in [1.165, 1.54) is 12.0 Å². The lowest BCUT2D eigenvalue weighted by atomic mass is 10.2. The summed E-state index contributed by atoms with van der Waals surface area (Å²) in [7, 11) is 1.51. The molecule has 3 rings (SSSR count). The van der Waals surface area contributed by atoms with Gasteiger partial charge in [-0.25, -0.2) is 14.7 Å². The van der Waals surface area contributed by atoms with E-state index in [0.717, 1.165) is 30.5 Å². The lowest BCUT2D eigenvalue weighted by Gasteiger charge is -2.22. The number of hydrogen-bond donors (Lipinski definition) is 1. The van der Waals surface area contributed by atoms with Crippen molar-refractivity contribution in [3.8, 4) is 5.88 Å². The minimum atomic E-state index is -1.06. The van der Waals surface area contributed by atoms with E-state index in [1.807, 2.05) is 12.1 Å². The Kier molecular flexibility index (Phi) is 3.48. The standard InChI is InChI=1S/C16H16N2O3/c1-21-15-14(10-11-6-5-9-13(11)17-15)18(16(19)20)12-7-3-2-4-8-12/h2-4,7-8,10H,5-6,9H2,1H3,(H,19,20). The maximum absolute atomic E-state index is 11.7. The molecule has 0 fully saturated rings. The number of nitrogens with zero attached hydrogens (tertiary/aromatic N) is 2. The topological polar surface area (TPSA) is 62.7 Å². The van der Waals surface area contributed by atoms with Crippen molar-refractivity contribution < 1.29 is 14.6 Å². The Morgan fingerprint density at radius 3 is 2.71 bits per heavy atom. The molecule has 1 N–H and O–H groups in total. The third-order valence-corrected chi connectivity index (χ3v) is 3.64.